The molecule has 6 heteroatoms. The molecule has 0 saturated heterocycles. The Morgan fingerprint density at radius 2 is 1.94 bits per heavy atom. The smallest absolute Gasteiger partial charge is 0.223 e. The van der Waals surface area contributed by atoms with Crippen molar-refractivity contribution in [3.8, 4) is 6.07 Å². The molecule has 90 valence electrons. The quantitative estimate of drug-likeness (QED) is 0.893. The average molecular weight is 243 g/mol. The van der Waals surface area contributed by atoms with Crippen molar-refractivity contribution in [2.75, 3.05) is 5.32 Å². The molecule has 2 rings (SSSR count). The third-order valence-corrected chi connectivity index (χ3v) is 2.32. The number of anilines is 1. The van der Waals surface area contributed by atoms with Gasteiger partial charge in [-0.25, -0.2) is 14.4 Å². The van der Waals surface area contributed by atoms with Crippen LogP contribution in [0, 0.1) is 17.1 Å². The summed E-state index contributed by atoms with van der Waals surface area (Å²) in [7, 11) is 0. The van der Waals surface area contributed by atoms with Gasteiger partial charge in [0.15, 0.2) is 0 Å². The highest BCUT2D eigenvalue weighted by molar-refractivity contribution is 5.32. The number of aromatic nitrogens is 3. The number of nitriles is 1. The number of halogens is 1. The topological polar surface area (TPSA) is 74.5 Å². The van der Waals surface area contributed by atoms with Crippen LogP contribution in [0.1, 0.15) is 24.2 Å². The maximum Gasteiger partial charge on any atom is 0.223 e. The molecule has 1 N–H and O–H groups in total. The van der Waals surface area contributed by atoms with Crippen molar-refractivity contribution in [2.24, 2.45) is 0 Å². The molecule has 5 nitrogen and oxygen atoms in total. The van der Waals surface area contributed by atoms with E-state index in [9.17, 15) is 4.39 Å². The summed E-state index contributed by atoms with van der Waals surface area (Å²) in [6, 6.07) is 4.73. The lowest BCUT2D eigenvalue weighted by molar-refractivity contribution is 0.617. The fourth-order valence-corrected chi connectivity index (χ4v) is 1.37. The molecule has 0 saturated carbocycles. The third kappa shape index (κ3) is 2.77. The van der Waals surface area contributed by atoms with E-state index in [0.29, 0.717) is 17.2 Å². The minimum atomic E-state index is -0.374. The Hall–Kier alpha value is -2.55. The van der Waals surface area contributed by atoms with E-state index in [-0.39, 0.29) is 11.9 Å². The lowest BCUT2D eigenvalue weighted by Crippen LogP contribution is -2.10. The first kappa shape index (κ1) is 11.9. The highest BCUT2D eigenvalue weighted by Gasteiger charge is 2.08. The van der Waals surface area contributed by atoms with Crippen LogP contribution in [0.3, 0.4) is 0 Å². The van der Waals surface area contributed by atoms with E-state index in [1.165, 1.54) is 18.5 Å². The van der Waals surface area contributed by atoms with Crippen LogP contribution in [0.25, 0.3) is 0 Å². The van der Waals surface area contributed by atoms with Crippen molar-refractivity contribution >= 4 is 5.95 Å². The van der Waals surface area contributed by atoms with Crippen LogP contribution in [-0.4, -0.2) is 15.0 Å². The van der Waals surface area contributed by atoms with Gasteiger partial charge < -0.3 is 5.32 Å². The Labute approximate surface area is 103 Å². The summed E-state index contributed by atoms with van der Waals surface area (Å²) in [6.45, 7) is 1.86. The zero-order chi connectivity index (χ0) is 13.0. The van der Waals surface area contributed by atoms with Gasteiger partial charge in [0, 0.05) is 0 Å². The summed E-state index contributed by atoms with van der Waals surface area (Å²) in [5.74, 6) is 0.0215. The van der Waals surface area contributed by atoms with Crippen molar-refractivity contribution < 1.29 is 4.39 Å². The van der Waals surface area contributed by atoms with E-state index >= 15 is 0 Å². The van der Waals surface area contributed by atoms with E-state index in [4.69, 9.17) is 5.26 Å². The molecule has 1 unspecified atom stereocenters. The van der Waals surface area contributed by atoms with Crippen LogP contribution < -0.4 is 5.32 Å². The number of hydrogen-bond acceptors (Lipinski definition) is 5. The first-order valence-electron chi connectivity index (χ1n) is 5.29. The molecule has 1 atom stereocenters. The van der Waals surface area contributed by atoms with E-state index in [0.717, 1.165) is 6.20 Å². The standard InChI is InChI=1S/C12H10FN5/c1-8(11-3-2-10(13)7-15-11)18-12-16-5-9(4-14)6-17-12/h2-3,5-8H,1H3,(H,16,17,18). The van der Waals surface area contributed by atoms with Crippen LogP contribution in [-0.2, 0) is 0 Å². The Balaban J connectivity index is 2.08. The maximum absolute atomic E-state index is 12.7. The molecule has 0 amide bonds. The molecule has 0 aliphatic heterocycles. The number of nitrogens with zero attached hydrogens (tertiary/aromatic N) is 4. The van der Waals surface area contributed by atoms with Gasteiger partial charge in [0.2, 0.25) is 5.95 Å². The molecule has 0 fully saturated rings. The van der Waals surface area contributed by atoms with Gasteiger partial charge in [-0.1, -0.05) is 0 Å². The maximum atomic E-state index is 12.7. The summed E-state index contributed by atoms with van der Waals surface area (Å²) < 4.78 is 12.7. The summed E-state index contributed by atoms with van der Waals surface area (Å²) in [5, 5.41) is 11.6. The van der Waals surface area contributed by atoms with E-state index in [1.807, 2.05) is 13.0 Å². The van der Waals surface area contributed by atoms with Crippen molar-refractivity contribution in [1.82, 2.24) is 15.0 Å². The molecule has 2 heterocycles. The Kier molecular flexibility index (Phi) is 3.44. The predicted molar refractivity (Wildman–Crippen MR) is 63.0 cm³/mol. The van der Waals surface area contributed by atoms with E-state index in [2.05, 4.69) is 20.3 Å². The first-order valence-corrected chi connectivity index (χ1v) is 5.29. The second kappa shape index (κ2) is 5.19. The Morgan fingerprint density at radius 1 is 1.22 bits per heavy atom. The normalized spacial score (nSPS) is 11.6. The average Bonchev–Trinajstić information content (AvgIpc) is 2.40. The highest BCUT2D eigenvalue weighted by atomic mass is 19.1. The zero-order valence-electron chi connectivity index (χ0n) is 9.63. The Bertz CT molecular complexity index is 559. The molecule has 2 aromatic heterocycles. The van der Waals surface area contributed by atoms with Gasteiger partial charge >= 0.3 is 0 Å². The fraction of sp³-hybridized carbons (Fsp3) is 0.167. The molecular formula is C12H10FN5. The number of rotatable bonds is 3. The Morgan fingerprint density at radius 3 is 2.50 bits per heavy atom. The molecule has 0 spiro atoms. The summed E-state index contributed by atoms with van der Waals surface area (Å²) in [4.78, 5) is 11.9. The van der Waals surface area contributed by atoms with Gasteiger partial charge in [0.1, 0.15) is 11.9 Å². The fourth-order valence-electron chi connectivity index (χ4n) is 1.37. The third-order valence-electron chi connectivity index (χ3n) is 2.32. The lowest BCUT2D eigenvalue weighted by atomic mass is 10.2. The van der Waals surface area contributed by atoms with Crippen molar-refractivity contribution in [3.05, 3.63) is 47.8 Å². The van der Waals surface area contributed by atoms with Gasteiger partial charge in [-0.15, -0.1) is 0 Å². The van der Waals surface area contributed by atoms with Gasteiger partial charge in [-0.3, -0.25) is 4.98 Å². The minimum absolute atomic E-state index is 0.154. The van der Waals surface area contributed by atoms with Crippen LogP contribution >= 0.6 is 0 Å². The van der Waals surface area contributed by atoms with Gasteiger partial charge in [-0.05, 0) is 19.1 Å². The molecule has 2 aromatic rings. The number of hydrogen-bond donors (Lipinski definition) is 1. The minimum Gasteiger partial charge on any atom is -0.346 e. The molecule has 0 aliphatic rings. The molecular weight excluding hydrogens is 233 g/mol. The largest absolute Gasteiger partial charge is 0.346 e. The van der Waals surface area contributed by atoms with Gasteiger partial charge in [-0.2, -0.15) is 5.26 Å². The lowest BCUT2D eigenvalue weighted by Gasteiger charge is -2.12. The van der Waals surface area contributed by atoms with Crippen molar-refractivity contribution in [1.29, 1.82) is 5.26 Å². The zero-order valence-corrected chi connectivity index (χ0v) is 9.63. The monoisotopic (exact) mass is 243 g/mol. The summed E-state index contributed by atoms with van der Waals surface area (Å²) >= 11 is 0. The predicted octanol–water partition coefficient (Wildman–Crippen LogP) is 2.06. The molecule has 0 aliphatic carbocycles. The van der Waals surface area contributed by atoms with Crippen molar-refractivity contribution in [2.45, 2.75) is 13.0 Å². The van der Waals surface area contributed by atoms with Crippen LogP contribution in [0.15, 0.2) is 30.7 Å². The van der Waals surface area contributed by atoms with Gasteiger partial charge in [0.05, 0.1) is 35.9 Å². The highest BCUT2D eigenvalue weighted by Crippen LogP contribution is 2.14. The summed E-state index contributed by atoms with van der Waals surface area (Å²) in [5.41, 5.74) is 1.08. The van der Waals surface area contributed by atoms with E-state index in [1.54, 1.807) is 6.07 Å². The van der Waals surface area contributed by atoms with Crippen molar-refractivity contribution in [3.63, 3.8) is 0 Å². The second-order valence-corrected chi connectivity index (χ2v) is 3.67. The second-order valence-electron chi connectivity index (χ2n) is 3.67. The van der Waals surface area contributed by atoms with Gasteiger partial charge in [0.25, 0.3) is 0 Å². The molecule has 0 bridgehead atoms. The number of nitrogens with one attached hydrogen (secondary N) is 1. The first-order chi connectivity index (χ1) is 8.69. The molecule has 0 radical (unpaired) electrons. The van der Waals surface area contributed by atoms with E-state index < -0.39 is 0 Å². The SMILES string of the molecule is CC(Nc1ncc(C#N)cn1)c1ccc(F)cn1. The van der Waals surface area contributed by atoms with Crippen LogP contribution in [0.2, 0.25) is 0 Å². The number of pyridine rings is 1. The van der Waals surface area contributed by atoms with Crippen LogP contribution in [0.4, 0.5) is 10.3 Å². The van der Waals surface area contributed by atoms with Crippen LogP contribution in [0.5, 0.6) is 0 Å². The molecule has 0 aromatic carbocycles. The summed E-state index contributed by atoms with van der Waals surface area (Å²) in [6.07, 6.45) is 4.02. The molecule has 18 heavy (non-hydrogen) atoms.